The molecule has 1 atom stereocenters. The van der Waals surface area contributed by atoms with Crippen LogP contribution in [0.4, 0.5) is 0 Å². The van der Waals surface area contributed by atoms with Gasteiger partial charge in [-0.2, -0.15) is 5.26 Å². The van der Waals surface area contributed by atoms with Gasteiger partial charge in [0.15, 0.2) is 0 Å². The Kier molecular flexibility index (Phi) is 4.56. The van der Waals surface area contributed by atoms with Crippen LogP contribution < -0.4 is 5.32 Å². The number of nitrogens with one attached hydrogen (secondary N) is 1. The third kappa shape index (κ3) is 3.48. The monoisotopic (exact) mass is 209 g/mol. The predicted molar refractivity (Wildman–Crippen MR) is 62.6 cm³/mol. The van der Waals surface area contributed by atoms with Crippen molar-refractivity contribution in [3.05, 3.63) is 0 Å². The number of likely N-dealkylation sites (N-methyl/N-ethyl adjacent to an activating group) is 2. The Bertz CT molecular complexity index is 228. The molecule has 1 unspecified atom stereocenters. The lowest BCUT2D eigenvalue weighted by atomic mass is 10.0. The number of hydrogen-bond donors (Lipinski definition) is 1. The highest BCUT2D eigenvalue weighted by molar-refractivity contribution is 5.05. The number of nitriles is 1. The summed E-state index contributed by atoms with van der Waals surface area (Å²) in [6.07, 6.45) is 5.28. The second kappa shape index (κ2) is 5.48. The Balaban J connectivity index is 2.47. The average molecular weight is 209 g/mol. The van der Waals surface area contributed by atoms with Gasteiger partial charge in [0.05, 0.1) is 6.07 Å². The van der Waals surface area contributed by atoms with E-state index in [2.05, 4.69) is 23.3 Å². The van der Waals surface area contributed by atoms with Crippen LogP contribution >= 0.6 is 0 Å². The summed E-state index contributed by atoms with van der Waals surface area (Å²) in [6, 6.07) is 3.07. The first-order valence-corrected chi connectivity index (χ1v) is 5.98. The van der Waals surface area contributed by atoms with Crippen LogP contribution in [0.2, 0.25) is 0 Å². The number of nitrogens with zero attached hydrogens (tertiary/aromatic N) is 2. The molecule has 1 fully saturated rings. The van der Waals surface area contributed by atoms with E-state index in [0.29, 0.717) is 6.04 Å². The van der Waals surface area contributed by atoms with Gasteiger partial charge in [-0.25, -0.2) is 0 Å². The maximum atomic E-state index is 9.17. The number of hydrogen-bond acceptors (Lipinski definition) is 3. The van der Waals surface area contributed by atoms with Gasteiger partial charge in [-0.05, 0) is 33.4 Å². The molecule has 1 saturated carbocycles. The maximum Gasteiger partial charge on any atom is 0.116 e. The highest BCUT2D eigenvalue weighted by Gasteiger charge is 2.28. The molecule has 0 aromatic rings. The molecule has 1 aliphatic carbocycles. The van der Waals surface area contributed by atoms with E-state index < -0.39 is 5.54 Å². The van der Waals surface area contributed by atoms with Gasteiger partial charge in [-0.1, -0.05) is 19.8 Å². The summed E-state index contributed by atoms with van der Waals surface area (Å²) in [5, 5.41) is 12.4. The fourth-order valence-electron chi connectivity index (χ4n) is 2.49. The van der Waals surface area contributed by atoms with E-state index in [1.807, 2.05) is 13.8 Å². The SMILES string of the molecule is CCNC(C)(C#N)CN(C)C1CCCC1. The van der Waals surface area contributed by atoms with Crippen molar-refractivity contribution in [3.8, 4) is 6.07 Å². The second-order valence-electron chi connectivity index (χ2n) is 4.83. The van der Waals surface area contributed by atoms with Crippen molar-refractivity contribution in [3.63, 3.8) is 0 Å². The lowest BCUT2D eigenvalue weighted by Gasteiger charge is -2.32. The zero-order valence-corrected chi connectivity index (χ0v) is 10.2. The summed E-state index contributed by atoms with van der Waals surface area (Å²) < 4.78 is 0. The molecule has 0 spiro atoms. The average Bonchev–Trinajstić information content (AvgIpc) is 2.71. The molecule has 0 bridgehead atoms. The molecule has 3 heteroatoms. The van der Waals surface area contributed by atoms with Crippen molar-refractivity contribution < 1.29 is 0 Å². The molecule has 0 radical (unpaired) electrons. The zero-order valence-electron chi connectivity index (χ0n) is 10.2. The first-order chi connectivity index (χ1) is 7.11. The molecule has 0 aromatic heterocycles. The molecular formula is C12H23N3. The lowest BCUT2D eigenvalue weighted by Crippen LogP contribution is -2.51. The van der Waals surface area contributed by atoms with E-state index >= 15 is 0 Å². The molecule has 0 aromatic carbocycles. The first-order valence-electron chi connectivity index (χ1n) is 5.98. The summed E-state index contributed by atoms with van der Waals surface area (Å²) in [5.41, 5.74) is -0.397. The maximum absolute atomic E-state index is 9.17. The van der Waals surface area contributed by atoms with Gasteiger partial charge in [0, 0.05) is 12.6 Å². The second-order valence-corrected chi connectivity index (χ2v) is 4.83. The highest BCUT2D eigenvalue weighted by Crippen LogP contribution is 2.23. The minimum absolute atomic E-state index is 0.397. The van der Waals surface area contributed by atoms with Crippen LogP contribution in [0.25, 0.3) is 0 Å². The zero-order chi connectivity index (χ0) is 11.3. The largest absolute Gasteiger partial charge is 0.301 e. The molecule has 0 heterocycles. The van der Waals surface area contributed by atoms with Crippen molar-refractivity contribution in [1.82, 2.24) is 10.2 Å². The summed E-state index contributed by atoms with van der Waals surface area (Å²) in [4.78, 5) is 2.35. The molecule has 1 aliphatic rings. The van der Waals surface area contributed by atoms with Crippen LogP contribution in [0.3, 0.4) is 0 Å². The molecule has 3 nitrogen and oxygen atoms in total. The fraction of sp³-hybridized carbons (Fsp3) is 0.917. The van der Waals surface area contributed by atoms with Crippen LogP contribution in [-0.2, 0) is 0 Å². The van der Waals surface area contributed by atoms with Gasteiger partial charge in [0.25, 0.3) is 0 Å². The van der Waals surface area contributed by atoms with Gasteiger partial charge >= 0.3 is 0 Å². The number of rotatable bonds is 5. The molecule has 1 rings (SSSR count). The molecule has 86 valence electrons. The quantitative estimate of drug-likeness (QED) is 0.750. The van der Waals surface area contributed by atoms with E-state index in [1.165, 1.54) is 25.7 Å². The van der Waals surface area contributed by atoms with Crippen LogP contribution in [0.15, 0.2) is 0 Å². The molecule has 0 aliphatic heterocycles. The van der Waals surface area contributed by atoms with Gasteiger partial charge in [0.1, 0.15) is 5.54 Å². The first kappa shape index (κ1) is 12.5. The van der Waals surface area contributed by atoms with Crippen molar-refractivity contribution in [2.45, 2.75) is 51.1 Å². The molecule has 0 amide bonds. The summed E-state index contributed by atoms with van der Waals surface area (Å²) in [7, 11) is 2.14. The van der Waals surface area contributed by atoms with E-state index in [4.69, 9.17) is 5.26 Å². The Morgan fingerprint density at radius 3 is 2.53 bits per heavy atom. The van der Waals surface area contributed by atoms with Crippen molar-refractivity contribution >= 4 is 0 Å². The van der Waals surface area contributed by atoms with E-state index in [1.54, 1.807) is 0 Å². The topological polar surface area (TPSA) is 39.1 Å². The molecule has 1 N–H and O–H groups in total. The van der Waals surface area contributed by atoms with Crippen LogP contribution in [-0.4, -0.2) is 36.6 Å². The summed E-state index contributed by atoms with van der Waals surface area (Å²) >= 11 is 0. The van der Waals surface area contributed by atoms with Crippen molar-refractivity contribution in [1.29, 1.82) is 5.26 Å². The molecule has 15 heavy (non-hydrogen) atoms. The smallest absolute Gasteiger partial charge is 0.116 e. The van der Waals surface area contributed by atoms with Gasteiger partial charge in [-0.15, -0.1) is 0 Å². The summed E-state index contributed by atoms with van der Waals surface area (Å²) in [5.74, 6) is 0. The van der Waals surface area contributed by atoms with Crippen LogP contribution in [0, 0.1) is 11.3 Å². The van der Waals surface area contributed by atoms with E-state index in [0.717, 1.165) is 13.1 Å². The fourth-order valence-corrected chi connectivity index (χ4v) is 2.49. The predicted octanol–water partition coefficient (Wildman–Crippen LogP) is 1.75. The Hall–Kier alpha value is -0.590. The normalized spacial score (nSPS) is 21.5. The third-order valence-electron chi connectivity index (χ3n) is 3.33. The Morgan fingerprint density at radius 2 is 2.07 bits per heavy atom. The van der Waals surface area contributed by atoms with Gasteiger partial charge in [0.2, 0.25) is 0 Å². The lowest BCUT2D eigenvalue weighted by molar-refractivity contribution is 0.200. The van der Waals surface area contributed by atoms with E-state index in [9.17, 15) is 0 Å². The summed E-state index contributed by atoms with van der Waals surface area (Å²) in [6.45, 7) is 5.71. The minimum Gasteiger partial charge on any atom is -0.301 e. The van der Waals surface area contributed by atoms with Crippen LogP contribution in [0.1, 0.15) is 39.5 Å². The standard InChI is InChI=1S/C12H23N3/c1-4-14-12(2,9-13)10-15(3)11-7-5-6-8-11/h11,14H,4-8,10H2,1-3H3. The van der Waals surface area contributed by atoms with Gasteiger partial charge < -0.3 is 4.90 Å². The third-order valence-corrected chi connectivity index (χ3v) is 3.33. The minimum atomic E-state index is -0.397. The van der Waals surface area contributed by atoms with Crippen molar-refractivity contribution in [2.75, 3.05) is 20.1 Å². The highest BCUT2D eigenvalue weighted by atomic mass is 15.2. The Labute approximate surface area is 93.5 Å². The Morgan fingerprint density at radius 1 is 1.47 bits per heavy atom. The van der Waals surface area contributed by atoms with E-state index in [-0.39, 0.29) is 0 Å². The van der Waals surface area contributed by atoms with Crippen LogP contribution in [0.5, 0.6) is 0 Å². The van der Waals surface area contributed by atoms with Crippen molar-refractivity contribution in [2.24, 2.45) is 0 Å². The molecular weight excluding hydrogens is 186 g/mol. The van der Waals surface area contributed by atoms with Gasteiger partial charge in [-0.3, -0.25) is 5.32 Å². The molecule has 0 saturated heterocycles.